The van der Waals surface area contributed by atoms with Crippen molar-refractivity contribution in [2.45, 2.75) is 12.6 Å². The van der Waals surface area contributed by atoms with E-state index in [0.717, 1.165) is 16.8 Å². The fourth-order valence-corrected chi connectivity index (χ4v) is 2.50. The molecule has 0 bridgehead atoms. The van der Waals surface area contributed by atoms with Crippen LogP contribution in [0.1, 0.15) is 17.2 Å². The zero-order valence-corrected chi connectivity index (χ0v) is 10.3. The number of rotatable bonds is 2. The van der Waals surface area contributed by atoms with Gasteiger partial charge < -0.3 is 10.6 Å². The molecule has 0 unspecified atom stereocenters. The Morgan fingerprint density at radius 1 is 1.05 bits per heavy atom. The van der Waals surface area contributed by atoms with Crippen LogP contribution in [0.25, 0.3) is 0 Å². The summed E-state index contributed by atoms with van der Waals surface area (Å²) in [7, 11) is 0. The molecule has 2 N–H and O–H groups in total. The molecule has 2 nitrogen and oxygen atoms in total. The molecule has 98 valence electrons. The quantitative estimate of drug-likeness (QED) is 0.899. The third-order valence-corrected chi connectivity index (χ3v) is 3.43. The Morgan fingerprint density at radius 2 is 1.74 bits per heavy atom. The maximum absolute atomic E-state index is 13.2. The first-order valence-corrected chi connectivity index (χ1v) is 6.18. The van der Waals surface area contributed by atoms with E-state index in [1.807, 2.05) is 0 Å². The van der Waals surface area contributed by atoms with E-state index in [9.17, 15) is 8.78 Å². The van der Waals surface area contributed by atoms with Crippen molar-refractivity contribution in [3.05, 3.63) is 65.2 Å². The maximum Gasteiger partial charge on any atom is 0.123 e. The number of halogens is 2. The molecule has 1 aliphatic rings. The minimum atomic E-state index is -0.266. The second kappa shape index (κ2) is 4.63. The van der Waals surface area contributed by atoms with Crippen LogP contribution in [-0.4, -0.2) is 6.54 Å². The summed E-state index contributed by atoms with van der Waals surface area (Å²) in [5.41, 5.74) is 8.81. The molecule has 1 atom stereocenters. The fourth-order valence-electron chi connectivity index (χ4n) is 2.50. The fraction of sp³-hybridized carbons (Fsp3) is 0.200. The third-order valence-electron chi connectivity index (χ3n) is 3.43. The lowest BCUT2D eigenvalue weighted by atomic mass is 10.1. The Labute approximate surface area is 110 Å². The lowest BCUT2D eigenvalue weighted by molar-refractivity contribution is 0.623. The average Bonchev–Trinajstić information content (AvgIpc) is 2.69. The second-order valence-electron chi connectivity index (χ2n) is 4.82. The van der Waals surface area contributed by atoms with E-state index in [2.05, 4.69) is 4.90 Å². The Kier molecular flexibility index (Phi) is 2.95. The van der Waals surface area contributed by atoms with Crippen LogP contribution in [0.15, 0.2) is 42.5 Å². The van der Waals surface area contributed by atoms with Crippen molar-refractivity contribution >= 4 is 5.69 Å². The van der Waals surface area contributed by atoms with Gasteiger partial charge in [-0.1, -0.05) is 12.1 Å². The number of anilines is 1. The molecule has 0 amide bonds. The van der Waals surface area contributed by atoms with Gasteiger partial charge >= 0.3 is 0 Å². The Hall–Kier alpha value is -1.94. The molecule has 1 aliphatic heterocycles. The summed E-state index contributed by atoms with van der Waals surface area (Å²) >= 11 is 0. The van der Waals surface area contributed by atoms with Gasteiger partial charge in [0.25, 0.3) is 0 Å². The first kappa shape index (κ1) is 12.1. The summed E-state index contributed by atoms with van der Waals surface area (Å²) in [4.78, 5) is 2.09. The van der Waals surface area contributed by atoms with Crippen LogP contribution in [0.4, 0.5) is 14.5 Å². The van der Waals surface area contributed by atoms with Crippen molar-refractivity contribution in [2.75, 3.05) is 11.4 Å². The maximum atomic E-state index is 13.2. The van der Waals surface area contributed by atoms with Crippen LogP contribution in [-0.2, 0) is 6.54 Å². The molecule has 0 fully saturated rings. The van der Waals surface area contributed by atoms with E-state index >= 15 is 0 Å². The molecular formula is C15H14F2N2. The van der Waals surface area contributed by atoms with E-state index in [4.69, 9.17) is 5.73 Å². The zero-order chi connectivity index (χ0) is 13.4. The van der Waals surface area contributed by atoms with Crippen molar-refractivity contribution in [1.82, 2.24) is 0 Å². The molecule has 19 heavy (non-hydrogen) atoms. The highest BCUT2D eigenvalue weighted by Crippen LogP contribution is 2.34. The molecule has 1 heterocycles. The number of fused-ring (bicyclic) bond motifs is 1. The standard InChI is InChI=1S/C15H14F2N2/c16-11-3-1-10(2-4-11)8-19-9-14(18)13-7-12(17)5-6-15(13)19/h1-7,14H,8-9,18H2/t14-/m0/s1. The van der Waals surface area contributed by atoms with Crippen LogP contribution < -0.4 is 10.6 Å². The molecule has 2 aromatic carbocycles. The molecule has 0 aliphatic carbocycles. The van der Waals surface area contributed by atoms with E-state index in [1.54, 1.807) is 18.2 Å². The van der Waals surface area contributed by atoms with Crippen molar-refractivity contribution in [2.24, 2.45) is 5.73 Å². The monoisotopic (exact) mass is 260 g/mol. The molecule has 0 aromatic heterocycles. The lowest BCUT2D eigenvalue weighted by Gasteiger charge is -2.19. The Balaban J connectivity index is 1.86. The molecule has 0 saturated heterocycles. The largest absolute Gasteiger partial charge is 0.365 e. The molecule has 0 spiro atoms. The number of hydrogen-bond donors (Lipinski definition) is 1. The van der Waals surface area contributed by atoms with Gasteiger partial charge in [-0.25, -0.2) is 8.78 Å². The minimum Gasteiger partial charge on any atom is -0.365 e. The van der Waals surface area contributed by atoms with Crippen molar-refractivity contribution < 1.29 is 8.78 Å². The van der Waals surface area contributed by atoms with E-state index < -0.39 is 0 Å². The second-order valence-corrected chi connectivity index (χ2v) is 4.82. The van der Waals surface area contributed by atoms with Crippen molar-refractivity contribution in [3.8, 4) is 0 Å². The SMILES string of the molecule is N[C@H]1CN(Cc2ccc(F)cc2)c2ccc(F)cc21. The number of nitrogens with zero attached hydrogens (tertiary/aromatic N) is 1. The van der Waals surface area contributed by atoms with Crippen LogP contribution in [0, 0.1) is 11.6 Å². The summed E-state index contributed by atoms with van der Waals surface area (Å²) in [5.74, 6) is -0.512. The summed E-state index contributed by atoms with van der Waals surface area (Å²) < 4.78 is 26.1. The van der Waals surface area contributed by atoms with Gasteiger partial charge in [0, 0.05) is 24.8 Å². The van der Waals surface area contributed by atoms with Gasteiger partial charge in [0.2, 0.25) is 0 Å². The van der Waals surface area contributed by atoms with Crippen LogP contribution in [0.3, 0.4) is 0 Å². The van der Waals surface area contributed by atoms with Gasteiger partial charge in [-0.3, -0.25) is 0 Å². The molecular weight excluding hydrogens is 246 g/mol. The lowest BCUT2D eigenvalue weighted by Crippen LogP contribution is -2.23. The summed E-state index contributed by atoms with van der Waals surface area (Å²) in [6.45, 7) is 1.29. The first-order chi connectivity index (χ1) is 9.13. The number of hydrogen-bond acceptors (Lipinski definition) is 2. The van der Waals surface area contributed by atoms with E-state index in [0.29, 0.717) is 13.1 Å². The van der Waals surface area contributed by atoms with E-state index in [1.165, 1.54) is 24.3 Å². The van der Waals surface area contributed by atoms with Gasteiger partial charge in [-0.2, -0.15) is 0 Å². The van der Waals surface area contributed by atoms with Crippen LogP contribution in [0.5, 0.6) is 0 Å². The Bertz CT molecular complexity index is 596. The van der Waals surface area contributed by atoms with Crippen molar-refractivity contribution in [1.29, 1.82) is 0 Å². The molecule has 0 saturated carbocycles. The number of nitrogens with two attached hydrogens (primary N) is 1. The highest BCUT2D eigenvalue weighted by atomic mass is 19.1. The smallest absolute Gasteiger partial charge is 0.123 e. The Morgan fingerprint density at radius 3 is 2.47 bits per heavy atom. The molecule has 2 aromatic rings. The minimum absolute atomic E-state index is 0.175. The predicted molar refractivity (Wildman–Crippen MR) is 70.8 cm³/mol. The van der Waals surface area contributed by atoms with Crippen LogP contribution >= 0.6 is 0 Å². The van der Waals surface area contributed by atoms with Gasteiger partial charge in [-0.15, -0.1) is 0 Å². The van der Waals surface area contributed by atoms with Gasteiger partial charge in [0.1, 0.15) is 11.6 Å². The van der Waals surface area contributed by atoms with Crippen LogP contribution in [0.2, 0.25) is 0 Å². The number of benzene rings is 2. The normalized spacial score (nSPS) is 17.6. The summed E-state index contributed by atoms with van der Waals surface area (Å²) in [6.07, 6.45) is 0. The predicted octanol–water partition coefficient (Wildman–Crippen LogP) is 2.98. The first-order valence-electron chi connectivity index (χ1n) is 6.18. The summed E-state index contributed by atoms with van der Waals surface area (Å²) in [6, 6.07) is 10.9. The molecule has 4 heteroatoms. The van der Waals surface area contributed by atoms with E-state index in [-0.39, 0.29) is 17.7 Å². The molecule has 3 rings (SSSR count). The van der Waals surface area contributed by atoms with Gasteiger partial charge in [-0.05, 0) is 41.5 Å². The molecule has 0 radical (unpaired) electrons. The summed E-state index contributed by atoms with van der Waals surface area (Å²) in [5, 5.41) is 0. The topological polar surface area (TPSA) is 29.3 Å². The van der Waals surface area contributed by atoms with Gasteiger partial charge in [0.15, 0.2) is 0 Å². The average molecular weight is 260 g/mol. The highest BCUT2D eigenvalue weighted by Gasteiger charge is 2.26. The zero-order valence-electron chi connectivity index (χ0n) is 10.3. The highest BCUT2D eigenvalue weighted by molar-refractivity contribution is 5.60. The third kappa shape index (κ3) is 2.31. The van der Waals surface area contributed by atoms with Crippen molar-refractivity contribution in [3.63, 3.8) is 0 Å². The van der Waals surface area contributed by atoms with Gasteiger partial charge in [0.05, 0.1) is 0 Å².